The lowest BCUT2D eigenvalue weighted by Crippen LogP contribution is -2.17. The van der Waals surface area contributed by atoms with Gasteiger partial charge >= 0.3 is 6.36 Å². The quantitative estimate of drug-likeness (QED) is 0.898. The first-order chi connectivity index (χ1) is 7.89. The van der Waals surface area contributed by atoms with Crippen molar-refractivity contribution >= 4 is 22.6 Å². The van der Waals surface area contributed by atoms with Crippen LogP contribution < -0.4 is 4.74 Å². The van der Waals surface area contributed by atoms with Crippen molar-refractivity contribution in [2.75, 3.05) is 0 Å². The van der Waals surface area contributed by atoms with Crippen LogP contribution >= 0.6 is 11.6 Å². The topological polar surface area (TPSA) is 37.9 Å². The molecule has 0 saturated carbocycles. The number of halogens is 4. The molecule has 0 aliphatic carbocycles. The number of fused-ring (bicyclic) bond motifs is 1. The molecule has 0 spiro atoms. The molecule has 0 aliphatic heterocycles. The van der Waals surface area contributed by atoms with Crippen molar-refractivity contribution in [2.24, 2.45) is 0 Å². The van der Waals surface area contributed by atoms with Crippen LogP contribution in [0.15, 0.2) is 12.1 Å². The molecule has 0 amide bonds. The molecule has 0 atom stereocenters. The smallest absolute Gasteiger partial charge is 0.404 e. The van der Waals surface area contributed by atoms with Crippen LogP contribution in [-0.2, 0) is 6.42 Å². The van der Waals surface area contributed by atoms with Gasteiger partial charge in [0, 0.05) is 12.5 Å². The first-order valence-corrected chi connectivity index (χ1v) is 5.20. The highest BCUT2D eigenvalue weighted by molar-refractivity contribution is 6.32. The Morgan fingerprint density at radius 2 is 2.12 bits per heavy atom. The number of nitrogens with zero attached hydrogens (tertiary/aromatic N) is 1. The van der Waals surface area contributed by atoms with Crippen molar-refractivity contribution in [3.05, 3.63) is 23.0 Å². The Morgan fingerprint density at radius 1 is 1.41 bits per heavy atom. The molecular formula is C10H8ClF3N2O. The van der Waals surface area contributed by atoms with Crippen LogP contribution in [0.4, 0.5) is 13.2 Å². The highest BCUT2D eigenvalue weighted by Crippen LogP contribution is 2.33. The van der Waals surface area contributed by atoms with Crippen molar-refractivity contribution in [1.29, 1.82) is 0 Å². The summed E-state index contributed by atoms with van der Waals surface area (Å²) in [6.45, 7) is 1.88. The van der Waals surface area contributed by atoms with Gasteiger partial charge in [0.25, 0.3) is 0 Å². The van der Waals surface area contributed by atoms with Gasteiger partial charge in [-0.1, -0.05) is 18.5 Å². The third-order valence-corrected chi connectivity index (χ3v) is 2.44. The molecule has 1 aromatic heterocycles. The number of rotatable bonds is 2. The number of hydrogen-bond donors (Lipinski definition) is 1. The Labute approximate surface area is 99.6 Å². The fraction of sp³-hybridized carbons (Fsp3) is 0.300. The largest absolute Gasteiger partial charge is 0.573 e. The lowest BCUT2D eigenvalue weighted by molar-refractivity contribution is -0.274. The predicted octanol–water partition coefficient (Wildman–Crippen LogP) is 3.68. The van der Waals surface area contributed by atoms with Crippen LogP contribution in [0.5, 0.6) is 5.75 Å². The maximum absolute atomic E-state index is 12.1. The fourth-order valence-electron chi connectivity index (χ4n) is 1.43. The fourth-order valence-corrected chi connectivity index (χ4v) is 1.64. The van der Waals surface area contributed by atoms with Gasteiger partial charge in [-0.15, -0.1) is 13.2 Å². The molecule has 0 bridgehead atoms. The summed E-state index contributed by atoms with van der Waals surface area (Å²) in [5, 5.41) is -0.110. The van der Waals surface area contributed by atoms with Gasteiger partial charge in [-0.3, -0.25) is 0 Å². The summed E-state index contributed by atoms with van der Waals surface area (Å²) in [4.78, 5) is 7.05. The van der Waals surface area contributed by atoms with Crippen molar-refractivity contribution < 1.29 is 17.9 Å². The first-order valence-electron chi connectivity index (χ1n) is 4.83. The number of aromatic nitrogens is 2. The molecule has 0 saturated heterocycles. The molecular weight excluding hydrogens is 257 g/mol. The number of ether oxygens (including phenoxy) is 1. The van der Waals surface area contributed by atoms with Crippen LogP contribution in [0, 0.1) is 0 Å². The average Bonchev–Trinajstić information content (AvgIpc) is 2.58. The predicted molar refractivity (Wildman–Crippen MR) is 57.2 cm³/mol. The Kier molecular flexibility index (Phi) is 2.91. The normalized spacial score (nSPS) is 12.1. The number of hydrogen-bond acceptors (Lipinski definition) is 2. The van der Waals surface area contributed by atoms with Crippen LogP contribution in [0.1, 0.15) is 12.7 Å². The standard InChI is InChI=1S/C10H8ClF3N2O/c1-2-9-15-6-3-5(11)8(4-7(6)16-9)17-10(12,13)14/h3-4H,2H2,1H3,(H,15,16). The van der Waals surface area contributed by atoms with Crippen molar-refractivity contribution in [1.82, 2.24) is 9.97 Å². The van der Waals surface area contributed by atoms with E-state index in [2.05, 4.69) is 14.7 Å². The average molecular weight is 265 g/mol. The van der Waals surface area contributed by atoms with E-state index < -0.39 is 12.1 Å². The molecule has 92 valence electrons. The SMILES string of the molecule is CCc1nc2cc(OC(F)(F)F)c(Cl)cc2[nH]1. The second-order valence-electron chi connectivity index (χ2n) is 3.38. The molecule has 2 aromatic rings. The summed E-state index contributed by atoms with van der Waals surface area (Å²) in [6, 6.07) is 2.53. The summed E-state index contributed by atoms with van der Waals surface area (Å²) < 4.78 is 40.0. The summed E-state index contributed by atoms with van der Waals surface area (Å²) in [5.74, 6) is 0.237. The molecule has 3 nitrogen and oxygen atoms in total. The molecule has 0 radical (unpaired) electrons. The third kappa shape index (κ3) is 2.63. The first kappa shape index (κ1) is 12.0. The van der Waals surface area contributed by atoms with E-state index in [1.54, 1.807) is 0 Å². The molecule has 17 heavy (non-hydrogen) atoms. The summed E-state index contributed by atoms with van der Waals surface area (Å²) in [7, 11) is 0. The molecule has 1 N–H and O–H groups in total. The van der Waals surface area contributed by atoms with Gasteiger partial charge in [-0.2, -0.15) is 0 Å². The van der Waals surface area contributed by atoms with Crippen molar-refractivity contribution in [3.63, 3.8) is 0 Å². The van der Waals surface area contributed by atoms with Gasteiger partial charge in [0.1, 0.15) is 11.6 Å². The number of aromatic amines is 1. The van der Waals surface area contributed by atoms with Crippen molar-refractivity contribution in [3.8, 4) is 5.75 Å². The summed E-state index contributed by atoms with van der Waals surface area (Å²) >= 11 is 5.69. The molecule has 0 aliphatic rings. The Morgan fingerprint density at radius 3 is 2.71 bits per heavy atom. The van der Waals surface area contributed by atoms with Gasteiger partial charge < -0.3 is 9.72 Å². The molecule has 0 unspecified atom stereocenters. The molecule has 0 fully saturated rings. The zero-order valence-corrected chi connectivity index (χ0v) is 9.49. The molecule has 2 rings (SSSR count). The number of imidazole rings is 1. The summed E-state index contributed by atoms with van der Waals surface area (Å²) in [6.07, 6.45) is -4.11. The monoisotopic (exact) mass is 264 g/mol. The molecule has 1 heterocycles. The zero-order valence-electron chi connectivity index (χ0n) is 8.73. The number of nitrogens with one attached hydrogen (secondary N) is 1. The number of H-pyrrole nitrogens is 1. The lowest BCUT2D eigenvalue weighted by Gasteiger charge is -2.09. The number of benzene rings is 1. The van der Waals surface area contributed by atoms with E-state index >= 15 is 0 Å². The van der Waals surface area contributed by atoms with Gasteiger partial charge in [-0.25, -0.2) is 4.98 Å². The van der Waals surface area contributed by atoms with E-state index in [9.17, 15) is 13.2 Å². The van der Waals surface area contributed by atoms with Crippen LogP contribution in [-0.4, -0.2) is 16.3 Å². The maximum atomic E-state index is 12.1. The van der Waals surface area contributed by atoms with Gasteiger partial charge in [0.2, 0.25) is 0 Å². The minimum Gasteiger partial charge on any atom is -0.404 e. The second-order valence-corrected chi connectivity index (χ2v) is 3.79. The van der Waals surface area contributed by atoms with Gasteiger partial charge in [0.15, 0.2) is 0 Å². The summed E-state index contributed by atoms with van der Waals surface area (Å²) in [5.41, 5.74) is 0.979. The van der Waals surface area contributed by atoms with E-state index in [1.165, 1.54) is 12.1 Å². The highest BCUT2D eigenvalue weighted by atomic mass is 35.5. The maximum Gasteiger partial charge on any atom is 0.573 e. The van der Waals surface area contributed by atoms with Gasteiger partial charge in [0.05, 0.1) is 16.1 Å². The van der Waals surface area contributed by atoms with Gasteiger partial charge in [-0.05, 0) is 6.07 Å². The lowest BCUT2D eigenvalue weighted by atomic mass is 10.3. The zero-order chi connectivity index (χ0) is 12.6. The number of aryl methyl sites for hydroxylation is 1. The number of alkyl halides is 3. The van der Waals surface area contributed by atoms with Crippen LogP contribution in [0.2, 0.25) is 5.02 Å². The Balaban J connectivity index is 2.47. The van der Waals surface area contributed by atoms with E-state index in [0.717, 1.165) is 0 Å². The van der Waals surface area contributed by atoms with Crippen LogP contribution in [0.25, 0.3) is 11.0 Å². The van der Waals surface area contributed by atoms with E-state index in [1.807, 2.05) is 6.92 Å². The third-order valence-electron chi connectivity index (χ3n) is 2.15. The van der Waals surface area contributed by atoms with E-state index in [4.69, 9.17) is 11.6 Å². The second kappa shape index (κ2) is 4.10. The van der Waals surface area contributed by atoms with Crippen LogP contribution in [0.3, 0.4) is 0 Å². The van der Waals surface area contributed by atoms with E-state index in [-0.39, 0.29) is 5.02 Å². The van der Waals surface area contributed by atoms with E-state index in [0.29, 0.717) is 23.3 Å². The molecule has 7 heteroatoms. The Bertz CT molecular complexity index is 550. The molecule has 1 aromatic carbocycles. The minimum absolute atomic E-state index is 0.110. The Hall–Kier alpha value is -1.43. The van der Waals surface area contributed by atoms with Crippen molar-refractivity contribution in [2.45, 2.75) is 19.7 Å². The minimum atomic E-state index is -4.76. The highest BCUT2D eigenvalue weighted by Gasteiger charge is 2.32.